The highest BCUT2D eigenvalue weighted by Gasteiger charge is 2.38. The maximum absolute atomic E-state index is 13.0. The van der Waals surface area contributed by atoms with Gasteiger partial charge in [-0.05, 0) is 42.3 Å². The van der Waals surface area contributed by atoms with Gasteiger partial charge in [-0.25, -0.2) is 4.68 Å². The molecule has 0 saturated carbocycles. The van der Waals surface area contributed by atoms with Gasteiger partial charge >= 0.3 is 18.3 Å². The van der Waals surface area contributed by atoms with Gasteiger partial charge in [-0.15, -0.1) is 0 Å². The van der Waals surface area contributed by atoms with Crippen LogP contribution in [0.15, 0.2) is 83.9 Å². The molecule has 1 amide bonds. The van der Waals surface area contributed by atoms with Crippen LogP contribution in [0.3, 0.4) is 0 Å². The van der Waals surface area contributed by atoms with Gasteiger partial charge < -0.3 is 4.74 Å². The van der Waals surface area contributed by atoms with E-state index in [1.807, 2.05) is 30.3 Å². The van der Waals surface area contributed by atoms with E-state index in [1.165, 1.54) is 28.9 Å². The molecule has 192 valence electrons. The molecule has 4 rings (SSSR count). The Hall–Kier alpha value is -3.93. The van der Waals surface area contributed by atoms with E-state index in [9.17, 15) is 31.1 Å². The first-order valence-corrected chi connectivity index (χ1v) is 11.5. The highest BCUT2D eigenvalue weighted by atomic mass is 32.1. The third-order valence-corrected chi connectivity index (χ3v) is 5.99. The standard InChI is InChI=1S/C25H17F6N3O2S/c26-24(27,28)18-9-5-11-20(15-18)36-19-10-4-8-17(14-19)21-33-34(13-12-16-6-2-1-3-7-16)23(37-21)32-22(35)25(29,30)31/h1-11,14-15H,12-13H2. The number of alkyl halides is 6. The van der Waals surface area contributed by atoms with Crippen molar-refractivity contribution in [3.63, 3.8) is 0 Å². The van der Waals surface area contributed by atoms with Crippen molar-refractivity contribution in [1.82, 2.24) is 9.78 Å². The molecule has 0 atom stereocenters. The third-order valence-electron chi connectivity index (χ3n) is 4.99. The van der Waals surface area contributed by atoms with E-state index in [-0.39, 0.29) is 27.9 Å². The van der Waals surface area contributed by atoms with Crippen LogP contribution < -0.4 is 9.54 Å². The fourth-order valence-corrected chi connectivity index (χ4v) is 4.17. The van der Waals surface area contributed by atoms with Crippen LogP contribution in [0.1, 0.15) is 11.1 Å². The number of hydrogen-bond acceptors (Lipinski definition) is 4. The molecule has 0 aliphatic heterocycles. The Morgan fingerprint density at radius 3 is 2.24 bits per heavy atom. The van der Waals surface area contributed by atoms with E-state index < -0.39 is 23.8 Å². The molecule has 12 heteroatoms. The van der Waals surface area contributed by atoms with E-state index in [4.69, 9.17) is 4.74 Å². The van der Waals surface area contributed by atoms with E-state index >= 15 is 0 Å². The van der Waals surface area contributed by atoms with Crippen molar-refractivity contribution in [3.05, 3.63) is 94.8 Å². The van der Waals surface area contributed by atoms with E-state index in [0.29, 0.717) is 12.0 Å². The lowest BCUT2D eigenvalue weighted by Crippen LogP contribution is -2.26. The minimum atomic E-state index is -5.14. The van der Waals surface area contributed by atoms with Crippen molar-refractivity contribution < 1.29 is 35.9 Å². The number of ether oxygens (including phenoxy) is 1. The van der Waals surface area contributed by atoms with Crippen LogP contribution in [-0.2, 0) is 23.9 Å². The Morgan fingerprint density at radius 1 is 0.892 bits per heavy atom. The van der Waals surface area contributed by atoms with E-state index in [2.05, 4.69) is 10.1 Å². The van der Waals surface area contributed by atoms with Crippen LogP contribution in [0.5, 0.6) is 11.5 Å². The van der Waals surface area contributed by atoms with Crippen LogP contribution in [0.25, 0.3) is 10.6 Å². The van der Waals surface area contributed by atoms with E-state index in [1.54, 1.807) is 12.1 Å². The Kier molecular flexibility index (Phi) is 7.48. The fourth-order valence-electron chi connectivity index (χ4n) is 3.25. The first kappa shape index (κ1) is 26.1. The molecule has 0 bridgehead atoms. The van der Waals surface area contributed by atoms with Crippen LogP contribution in [0, 0.1) is 0 Å². The van der Waals surface area contributed by atoms with Gasteiger partial charge in [0.15, 0.2) is 0 Å². The Labute approximate surface area is 210 Å². The second kappa shape index (κ2) is 10.6. The van der Waals surface area contributed by atoms with Gasteiger partial charge in [-0.1, -0.05) is 59.9 Å². The molecule has 5 nitrogen and oxygen atoms in total. The van der Waals surface area contributed by atoms with Crippen LogP contribution in [0.2, 0.25) is 0 Å². The molecule has 0 radical (unpaired) electrons. The number of benzene rings is 3. The number of carbonyl (C=O) groups is 1. The summed E-state index contributed by atoms with van der Waals surface area (Å²) in [5.74, 6) is -2.11. The quantitative estimate of drug-likeness (QED) is 0.259. The zero-order valence-electron chi connectivity index (χ0n) is 18.8. The average molecular weight is 537 g/mol. The molecule has 0 fully saturated rings. The molecule has 0 aliphatic carbocycles. The first-order valence-electron chi connectivity index (χ1n) is 10.7. The molecule has 0 N–H and O–H groups in total. The number of rotatable bonds is 6. The van der Waals surface area contributed by atoms with Crippen molar-refractivity contribution >= 4 is 17.2 Å². The summed E-state index contributed by atoms with van der Waals surface area (Å²) in [5.41, 5.74) is 0.457. The summed E-state index contributed by atoms with van der Waals surface area (Å²) in [6, 6.07) is 19.7. The van der Waals surface area contributed by atoms with Crippen LogP contribution >= 0.6 is 11.3 Å². The number of aryl methyl sites for hydroxylation is 2. The average Bonchev–Trinajstić information content (AvgIpc) is 3.25. The molecule has 37 heavy (non-hydrogen) atoms. The highest BCUT2D eigenvalue weighted by molar-refractivity contribution is 7.12. The number of nitrogens with zero attached hydrogens (tertiary/aromatic N) is 3. The molecular weight excluding hydrogens is 520 g/mol. The van der Waals surface area contributed by atoms with Crippen molar-refractivity contribution in [2.24, 2.45) is 4.99 Å². The minimum absolute atomic E-state index is 0.0458. The molecule has 1 aromatic heterocycles. The van der Waals surface area contributed by atoms with Crippen LogP contribution in [0.4, 0.5) is 26.3 Å². The lowest BCUT2D eigenvalue weighted by molar-refractivity contribution is -0.169. The van der Waals surface area contributed by atoms with Gasteiger partial charge in [0.1, 0.15) is 16.5 Å². The lowest BCUT2D eigenvalue weighted by Gasteiger charge is -2.10. The molecule has 1 heterocycles. The summed E-state index contributed by atoms with van der Waals surface area (Å²) in [6.45, 7) is 0.158. The number of aromatic nitrogens is 2. The number of halogens is 6. The van der Waals surface area contributed by atoms with Gasteiger partial charge in [0.05, 0.1) is 5.56 Å². The maximum atomic E-state index is 13.0. The van der Waals surface area contributed by atoms with Crippen molar-refractivity contribution in [3.8, 4) is 22.1 Å². The zero-order chi connectivity index (χ0) is 26.6. The Bertz CT molecular complexity index is 1460. The topological polar surface area (TPSA) is 56.5 Å². The molecule has 3 aromatic carbocycles. The Balaban J connectivity index is 1.65. The summed E-state index contributed by atoms with van der Waals surface area (Å²) in [4.78, 5) is 14.5. The second-order valence-electron chi connectivity index (χ2n) is 7.72. The largest absolute Gasteiger partial charge is 0.473 e. The number of amides is 1. The van der Waals surface area contributed by atoms with Crippen LogP contribution in [-0.4, -0.2) is 21.9 Å². The summed E-state index contributed by atoms with van der Waals surface area (Å²) < 4.78 is 84.4. The molecule has 0 unspecified atom stereocenters. The summed E-state index contributed by atoms with van der Waals surface area (Å²) in [6.07, 6.45) is -9.25. The summed E-state index contributed by atoms with van der Waals surface area (Å²) >= 11 is 0.773. The predicted octanol–water partition coefficient (Wildman–Crippen LogP) is 6.66. The predicted molar refractivity (Wildman–Crippen MR) is 124 cm³/mol. The fraction of sp³-hybridized carbons (Fsp3) is 0.160. The molecule has 0 aliphatic rings. The molecule has 0 saturated heterocycles. The summed E-state index contributed by atoms with van der Waals surface area (Å²) in [5, 5.41) is 4.59. The van der Waals surface area contributed by atoms with Gasteiger partial charge in [0.25, 0.3) is 0 Å². The normalized spacial score (nSPS) is 12.5. The van der Waals surface area contributed by atoms with E-state index in [0.717, 1.165) is 29.0 Å². The minimum Gasteiger partial charge on any atom is -0.457 e. The third kappa shape index (κ3) is 6.85. The monoisotopic (exact) mass is 537 g/mol. The molecule has 4 aromatic rings. The van der Waals surface area contributed by atoms with Crippen molar-refractivity contribution in [2.75, 3.05) is 0 Å². The smallest absolute Gasteiger partial charge is 0.457 e. The first-order chi connectivity index (χ1) is 17.5. The second-order valence-corrected chi connectivity index (χ2v) is 8.67. The van der Waals surface area contributed by atoms with Crippen molar-refractivity contribution in [2.45, 2.75) is 25.3 Å². The van der Waals surface area contributed by atoms with Gasteiger partial charge in [-0.3, -0.25) is 4.79 Å². The van der Waals surface area contributed by atoms with Crippen molar-refractivity contribution in [1.29, 1.82) is 0 Å². The van der Waals surface area contributed by atoms with Gasteiger partial charge in [0.2, 0.25) is 4.80 Å². The van der Waals surface area contributed by atoms with Gasteiger partial charge in [-0.2, -0.15) is 36.4 Å². The number of carbonyl (C=O) groups excluding carboxylic acids is 1. The molecular formula is C25H17F6N3O2S. The lowest BCUT2D eigenvalue weighted by atomic mass is 10.1. The Morgan fingerprint density at radius 2 is 1.57 bits per heavy atom. The highest BCUT2D eigenvalue weighted by Crippen LogP contribution is 2.33. The van der Waals surface area contributed by atoms with Gasteiger partial charge in [0, 0.05) is 12.1 Å². The number of hydrogen-bond donors (Lipinski definition) is 0. The molecule has 0 spiro atoms. The summed E-state index contributed by atoms with van der Waals surface area (Å²) in [7, 11) is 0. The zero-order valence-corrected chi connectivity index (χ0v) is 19.6. The SMILES string of the molecule is O=C(N=c1sc(-c2cccc(Oc3cccc(C(F)(F)F)c3)c2)nn1CCc1ccccc1)C(F)(F)F. The maximum Gasteiger partial charge on any atom is 0.473 e.